The van der Waals surface area contributed by atoms with Crippen molar-refractivity contribution in [3.05, 3.63) is 53.2 Å². The maximum Gasteiger partial charge on any atom is 0.253 e. The third kappa shape index (κ3) is 3.67. The lowest BCUT2D eigenvalue weighted by Gasteiger charge is -2.33. The Morgan fingerprint density at radius 1 is 1.19 bits per heavy atom. The van der Waals surface area contributed by atoms with Gasteiger partial charge in [0.2, 0.25) is 0 Å². The molecule has 0 aliphatic carbocycles. The smallest absolute Gasteiger partial charge is 0.253 e. The van der Waals surface area contributed by atoms with Crippen LogP contribution in [0.25, 0.3) is 10.9 Å². The number of fused-ring (bicyclic) bond motifs is 1. The van der Waals surface area contributed by atoms with Crippen molar-refractivity contribution in [2.45, 2.75) is 39.2 Å². The lowest BCUT2D eigenvalue weighted by Crippen LogP contribution is -2.37. The molecule has 27 heavy (non-hydrogen) atoms. The van der Waals surface area contributed by atoms with Crippen molar-refractivity contribution in [3.63, 3.8) is 0 Å². The van der Waals surface area contributed by atoms with Crippen LogP contribution in [0.3, 0.4) is 0 Å². The molecule has 0 radical (unpaired) electrons. The Morgan fingerprint density at radius 2 is 2.00 bits per heavy atom. The molecule has 0 N–H and O–H groups in total. The minimum absolute atomic E-state index is 0.0467. The molecule has 0 aromatic carbocycles. The maximum absolute atomic E-state index is 12.3. The Labute approximate surface area is 158 Å². The monoisotopic (exact) mass is 364 g/mol. The first-order valence-corrected chi connectivity index (χ1v) is 9.48. The van der Waals surface area contributed by atoms with Gasteiger partial charge in [-0.25, -0.2) is 15.0 Å². The summed E-state index contributed by atoms with van der Waals surface area (Å²) in [5.74, 6) is 1.72. The highest BCUT2D eigenvalue weighted by atomic mass is 16.1. The van der Waals surface area contributed by atoms with Crippen LogP contribution in [0.5, 0.6) is 0 Å². The number of aromatic nitrogens is 5. The number of anilines is 1. The average molecular weight is 364 g/mol. The second kappa shape index (κ2) is 7.42. The molecule has 4 rings (SSSR count). The Hall–Kier alpha value is -2.83. The van der Waals surface area contributed by atoms with Gasteiger partial charge in [-0.05, 0) is 30.7 Å². The number of nitrogens with zero attached hydrogens (tertiary/aromatic N) is 6. The van der Waals surface area contributed by atoms with Crippen LogP contribution in [-0.2, 0) is 6.54 Å². The standard InChI is InChI=1S/C20H24N6O/c1-14(2)17-9-19(27)26(13-24-17)11-15-4-7-25(8-5-15)20-16-3-6-21-10-18(16)22-12-23-20/h3,6,9-10,12-15H,4-5,7-8,11H2,1-2H3. The van der Waals surface area contributed by atoms with Gasteiger partial charge in [-0.15, -0.1) is 0 Å². The summed E-state index contributed by atoms with van der Waals surface area (Å²) in [4.78, 5) is 32.0. The molecule has 3 aromatic heterocycles. The zero-order valence-corrected chi connectivity index (χ0v) is 15.7. The van der Waals surface area contributed by atoms with Gasteiger partial charge in [-0.2, -0.15) is 0 Å². The molecule has 1 aliphatic rings. The van der Waals surface area contributed by atoms with Gasteiger partial charge in [-0.1, -0.05) is 13.8 Å². The van der Waals surface area contributed by atoms with Crippen LogP contribution >= 0.6 is 0 Å². The van der Waals surface area contributed by atoms with E-state index in [1.807, 2.05) is 6.07 Å². The molecule has 7 nitrogen and oxygen atoms in total. The van der Waals surface area contributed by atoms with E-state index in [1.54, 1.807) is 35.7 Å². The van der Waals surface area contributed by atoms with E-state index in [1.165, 1.54) is 0 Å². The fraction of sp³-hybridized carbons (Fsp3) is 0.450. The predicted octanol–water partition coefficient (Wildman–Crippen LogP) is 2.62. The van der Waals surface area contributed by atoms with Crippen molar-refractivity contribution < 1.29 is 0 Å². The molecule has 0 saturated carbocycles. The quantitative estimate of drug-likeness (QED) is 0.708. The molecule has 1 saturated heterocycles. The molecular formula is C20H24N6O. The van der Waals surface area contributed by atoms with Crippen LogP contribution < -0.4 is 10.5 Å². The van der Waals surface area contributed by atoms with Gasteiger partial charge >= 0.3 is 0 Å². The van der Waals surface area contributed by atoms with E-state index in [9.17, 15) is 4.79 Å². The van der Waals surface area contributed by atoms with Gasteiger partial charge in [0.05, 0.1) is 23.7 Å². The number of piperidine rings is 1. The SMILES string of the molecule is CC(C)c1cc(=O)n(CC2CCN(c3ncnc4cnccc34)CC2)cn1. The van der Waals surface area contributed by atoms with Crippen molar-refractivity contribution in [2.75, 3.05) is 18.0 Å². The Balaban J connectivity index is 1.44. The predicted molar refractivity (Wildman–Crippen MR) is 105 cm³/mol. The van der Waals surface area contributed by atoms with E-state index >= 15 is 0 Å². The highest BCUT2D eigenvalue weighted by molar-refractivity contribution is 5.88. The molecule has 4 heterocycles. The van der Waals surface area contributed by atoms with Gasteiger partial charge in [0, 0.05) is 37.3 Å². The fourth-order valence-corrected chi connectivity index (χ4v) is 3.64. The zero-order valence-electron chi connectivity index (χ0n) is 15.7. The molecular weight excluding hydrogens is 340 g/mol. The first-order valence-electron chi connectivity index (χ1n) is 9.48. The Bertz CT molecular complexity index is 986. The summed E-state index contributed by atoms with van der Waals surface area (Å²) < 4.78 is 1.75. The molecule has 0 bridgehead atoms. The molecule has 140 valence electrons. The van der Waals surface area contributed by atoms with Crippen LogP contribution in [0.15, 0.2) is 42.0 Å². The maximum atomic E-state index is 12.3. The summed E-state index contributed by atoms with van der Waals surface area (Å²) >= 11 is 0. The molecule has 3 aromatic rings. The number of pyridine rings is 1. The van der Waals surface area contributed by atoms with Crippen LogP contribution in [0.1, 0.15) is 38.3 Å². The first-order chi connectivity index (χ1) is 13.1. The van der Waals surface area contributed by atoms with Gasteiger partial charge < -0.3 is 4.90 Å². The average Bonchev–Trinajstić information content (AvgIpc) is 2.69. The van der Waals surface area contributed by atoms with Crippen LogP contribution in [0, 0.1) is 5.92 Å². The third-order valence-corrected chi connectivity index (χ3v) is 5.28. The Kier molecular flexibility index (Phi) is 4.83. The van der Waals surface area contributed by atoms with Crippen molar-refractivity contribution >= 4 is 16.7 Å². The fourth-order valence-electron chi connectivity index (χ4n) is 3.64. The molecule has 7 heteroatoms. The minimum Gasteiger partial charge on any atom is -0.356 e. The lowest BCUT2D eigenvalue weighted by molar-refractivity contribution is 0.350. The number of hydrogen-bond acceptors (Lipinski definition) is 6. The van der Waals surface area contributed by atoms with E-state index < -0.39 is 0 Å². The molecule has 0 atom stereocenters. The van der Waals surface area contributed by atoms with Crippen molar-refractivity contribution in [3.8, 4) is 0 Å². The summed E-state index contributed by atoms with van der Waals surface area (Å²) in [6.07, 6.45) is 8.90. The second-order valence-electron chi connectivity index (χ2n) is 7.48. The molecule has 1 fully saturated rings. The van der Waals surface area contributed by atoms with Gasteiger partial charge in [-0.3, -0.25) is 14.3 Å². The van der Waals surface area contributed by atoms with E-state index in [4.69, 9.17) is 0 Å². The lowest BCUT2D eigenvalue weighted by atomic mass is 9.96. The van der Waals surface area contributed by atoms with Crippen molar-refractivity contribution in [1.29, 1.82) is 0 Å². The summed E-state index contributed by atoms with van der Waals surface area (Å²) in [6.45, 7) is 6.67. The van der Waals surface area contributed by atoms with E-state index in [2.05, 4.69) is 38.7 Å². The molecule has 0 unspecified atom stereocenters. The highest BCUT2D eigenvalue weighted by Gasteiger charge is 2.22. The van der Waals surface area contributed by atoms with Gasteiger partial charge in [0.15, 0.2) is 0 Å². The summed E-state index contributed by atoms with van der Waals surface area (Å²) in [5.41, 5.74) is 1.77. The minimum atomic E-state index is 0.0467. The highest BCUT2D eigenvalue weighted by Crippen LogP contribution is 2.27. The summed E-state index contributed by atoms with van der Waals surface area (Å²) in [6, 6.07) is 3.64. The van der Waals surface area contributed by atoms with Crippen molar-refractivity contribution in [1.82, 2.24) is 24.5 Å². The molecule has 0 spiro atoms. The van der Waals surface area contributed by atoms with Crippen LogP contribution in [-0.4, -0.2) is 37.6 Å². The third-order valence-electron chi connectivity index (χ3n) is 5.28. The van der Waals surface area contributed by atoms with E-state index in [0.717, 1.165) is 54.9 Å². The van der Waals surface area contributed by atoms with E-state index in [-0.39, 0.29) is 11.5 Å². The van der Waals surface area contributed by atoms with Crippen LogP contribution in [0.4, 0.5) is 5.82 Å². The summed E-state index contributed by atoms with van der Waals surface area (Å²) in [5, 5.41) is 1.04. The molecule has 0 amide bonds. The normalized spacial score (nSPS) is 15.6. The first kappa shape index (κ1) is 17.6. The topological polar surface area (TPSA) is 76.8 Å². The molecule has 1 aliphatic heterocycles. The zero-order chi connectivity index (χ0) is 18.8. The van der Waals surface area contributed by atoms with E-state index in [0.29, 0.717) is 5.92 Å². The van der Waals surface area contributed by atoms with Gasteiger partial charge in [0.25, 0.3) is 5.56 Å². The largest absolute Gasteiger partial charge is 0.356 e. The number of rotatable bonds is 4. The number of hydrogen-bond donors (Lipinski definition) is 0. The summed E-state index contributed by atoms with van der Waals surface area (Å²) in [7, 11) is 0. The van der Waals surface area contributed by atoms with Gasteiger partial charge in [0.1, 0.15) is 12.1 Å². The Morgan fingerprint density at radius 3 is 2.74 bits per heavy atom. The second-order valence-corrected chi connectivity index (χ2v) is 7.48. The van der Waals surface area contributed by atoms with Crippen LogP contribution in [0.2, 0.25) is 0 Å². The van der Waals surface area contributed by atoms with Crippen molar-refractivity contribution in [2.24, 2.45) is 5.92 Å².